The first-order valence-corrected chi connectivity index (χ1v) is 7.00. The minimum absolute atomic E-state index is 0.0231. The Morgan fingerprint density at radius 3 is 1.50 bits per heavy atom. The highest BCUT2D eigenvalue weighted by Gasteiger charge is 2.17. The quantitative estimate of drug-likeness (QED) is 0.272. The van der Waals surface area contributed by atoms with E-state index in [2.05, 4.69) is 5.73 Å². The normalized spacial score (nSPS) is 13.0. The van der Waals surface area contributed by atoms with Crippen molar-refractivity contribution in [1.82, 2.24) is 0 Å². The molecule has 0 aromatic heterocycles. The summed E-state index contributed by atoms with van der Waals surface area (Å²) in [5, 5.41) is 32.2. The molecule has 0 amide bonds. The second-order valence-electron chi connectivity index (χ2n) is 4.72. The van der Waals surface area contributed by atoms with Crippen LogP contribution in [0.2, 0.25) is 0 Å². The van der Waals surface area contributed by atoms with Crippen molar-refractivity contribution in [2.75, 3.05) is 6.54 Å². The van der Waals surface area contributed by atoms with Crippen molar-refractivity contribution in [1.29, 1.82) is 0 Å². The molecular formula is C13H27N3O8. The predicted molar refractivity (Wildman–Crippen MR) is 84.2 cm³/mol. The molecule has 10 N–H and O–H groups in total. The van der Waals surface area contributed by atoms with E-state index in [-0.39, 0.29) is 25.3 Å². The van der Waals surface area contributed by atoms with Gasteiger partial charge in [-0.1, -0.05) is 20.3 Å². The van der Waals surface area contributed by atoms with Crippen molar-refractivity contribution in [3.8, 4) is 0 Å². The summed E-state index contributed by atoms with van der Waals surface area (Å²) in [7, 11) is 0. The first-order valence-electron chi connectivity index (χ1n) is 7.00. The van der Waals surface area contributed by atoms with E-state index >= 15 is 0 Å². The van der Waals surface area contributed by atoms with Crippen LogP contribution in [0.5, 0.6) is 0 Å². The first kappa shape index (κ1) is 26.6. The molecule has 0 saturated carbocycles. The fourth-order valence-corrected chi connectivity index (χ4v) is 0.900. The Hall–Kier alpha value is -2.24. The van der Waals surface area contributed by atoms with Gasteiger partial charge in [-0.3, -0.25) is 19.2 Å². The monoisotopic (exact) mass is 353 g/mol. The third-order valence-corrected chi connectivity index (χ3v) is 2.70. The number of carboxylic acids is 4. The highest BCUT2D eigenvalue weighted by Crippen LogP contribution is 2.04. The van der Waals surface area contributed by atoms with Crippen LogP contribution in [0.4, 0.5) is 0 Å². The third-order valence-electron chi connectivity index (χ3n) is 2.70. The van der Waals surface area contributed by atoms with Crippen LogP contribution in [0, 0.1) is 5.92 Å². The average molecular weight is 353 g/mol. The SMILES string of the molecule is CCC(C)C(N)C(=O)O.NC(CCC(=O)O)C(=O)O.NCC(=O)O. The molecule has 11 heteroatoms. The molecule has 0 aliphatic carbocycles. The van der Waals surface area contributed by atoms with Gasteiger partial charge in [0.15, 0.2) is 0 Å². The van der Waals surface area contributed by atoms with E-state index in [0.29, 0.717) is 0 Å². The van der Waals surface area contributed by atoms with E-state index in [1.807, 2.05) is 13.8 Å². The standard InChI is InChI=1S/C6H13NO2.C5H9NO4.C2H5NO2/c1-3-4(2)5(7)6(8)9;6-3(5(9)10)1-2-4(7)8;3-1-2(4)5/h4-5H,3,7H2,1-2H3,(H,8,9);3H,1-2,6H2,(H,7,8)(H,9,10);1,3H2,(H,4,5). The van der Waals surface area contributed by atoms with E-state index in [9.17, 15) is 19.2 Å². The average Bonchev–Trinajstić information content (AvgIpc) is 2.51. The maximum absolute atomic E-state index is 10.2. The molecule has 0 bridgehead atoms. The minimum Gasteiger partial charge on any atom is -0.481 e. The van der Waals surface area contributed by atoms with Crippen molar-refractivity contribution in [3.05, 3.63) is 0 Å². The van der Waals surface area contributed by atoms with Gasteiger partial charge in [0.2, 0.25) is 0 Å². The summed E-state index contributed by atoms with van der Waals surface area (Å²) in [6, 6.07) is -1.76. The fraction of sp³-hybridized carbons (Fsp3) is 0.692. The Bertz CT molecular complexity index is 403. The van der Waals surface area contributed by atoms with Crippen molar-refractivity contribution in [3.63, 3.8) is 0 Å². The lowest BCUT2D eigenvalue weighted by atomic mass is 10.0. The van der Waals surface area contributed by atoms with E-state index < -0.39 is 36.0 Å². The van der Waals surface area contributed by atoms with E-state index in [1.165, 1.54) is 0 Å². The van der Waals surface area contributed by atoms with E-state index in [0.717, 1.165) is 6.42 Å². The topological polar surface area (TPSA) is 227 Å². The second kappa shape index (κ2) is 15.6. The van der Waals surface area contributed by atoms with Crippen LogP contribution >= 0.6 is 0 Å². The Labute approximate surface area is 139 Å². The zero-order valence-electron chi connectivity index (χ0n) is 13.7. The lowest BCUT2D eigenvalue weighted by Crippen LogP contribution is -2.36. The fourth-order valence-electron chi connectivity index (χ4n) is 0.900. The molecule has 0 saturated heterocycles. The van der Waals surface area contributed by atoms with Gasteiger partial charge in [0.1, 0.15) is 12.1 Å². The molecule has 3 atom stereocenters. The van der Waals surface area contributed by atoms with E-state index in [4.69, 9.17) is 31.9 Å². The highest BCUT2D eigenvalue weighted by molar-refractivity contribution is 5.74. The second-order valence-corrected chi connectivity index (χ2v) is 4.72. The van der Waals surface area contributed by atoms with Crippen molar-refractivity contribution >= 4 is 23.9 Å². The first-order chi connectivity index (χ1) is 10.9. The minimum atomic E-state index is -1.17. The van der Waals surface area contributed by atoms with Crippen molar-refractivity contribution < 1.29 is 39.6 Å². The van der Waals surface area contributed by atoms with Gasteiger partial charge in [0.25, 0.3) is 0 Å². The molecule has 11 nitrogen and oxygen atoms in total. The van der Waals surface area contributed by atoms with Crippen molar-refractivity contribution in [2.45, 2.75) is 45.2 Å². The van der Waals surface area contributed by atoms with Crippen molar-refractivity contribution in [2.24, 2.45) is 23.1 Å². The number of rotatable bonds is 8. The Morgan fingerprint density at radius 2 is 1.33 bits per heavy atom. The summed E-state index contributed by atoms with van der Waals surface area (Å²) < 4.78 is 0. The molecule has 0 heterocycles. The molecule has 0 fully saturated rings. The summed E-state index contributed by atoms with van der Waals surface area (Å²) in [5.41, 5.74) is 14.8. The van der Waals surface area contributed by atoms with Crippen LogP contribution in [0.1, 0.15) is 33.1 Å². The van der Waals surface area contributed by atoms with Crippen LogP contribution in [0.3, 0.4) is 0 Å². The zero-order chi connectivity index (χ0) is 19.9. The smallest absolute Gasteiger partial charge is 0.320 e. The number of carbonyl (C=O) groups is 4. The van der Waals surface area contributed by atoms with Crippen LogP contribution in [-0.4, -0.2) is 62.9 Å². The summed E-state index contributed by atoms with van der Waals surface area (Å²) in [6.45, 7) is 3.48. The molecule has 24 heavy (non-hydrogen) atoms. The van der Waals surface area contributed by atoms with Crippen LogP contribution in [0.25, 0.3) is 0 Å². The lowest BCUT2D eigenvalue weighted by molar-refractivity contribution is -0.141. The molecule has 142 valence electrons. The van der Waals surface area contributed by atoms with Gasteiger partial charge in [-0.15, -0.1) is 0 Å². The number of carboxylic acid groups (broad SMARTS) is 4. The van der Waals surface area contributed by atoms with Gasteiger partial charge < -0.3 is 37.6 Å². The van der Waals surface area contributed by atoms with Crippen LogP contribution in [-0.2, 0) is 19.2 Å². The molecule has 0 aromatic carbocycles. The van der Waals surface area contributed by atoms with Crippen LogP contribution < -0.4 is 17.2 Å². The van der Waals surface area contributed by atoms with Gasteiger partial charge in [-0.05, 0) is 12.3 Å². The maximum atomic E-state index is 10.2. The molecule has 0 radical (unpaired) electrons. The summed E-state index contributed by atoms with van der Waals surface area (Å²) >= 11 is 0. The Balaban J connectivity index is -0.000000291. The predicted octanol–water partition coefficient (Wildman–Crippen LogP) is -1.26. The zero-order valence-corrected chi connectivity index (χ0v) is 13.7. The highest BCUT2D eigenvalue weighted by atomic mass is 16.4. The van der Waals surface area contributed by atoms with Gasteiger partial charge in [0, 0.05) is 6.42 Å². The molecule has 0 spiro atoms. The van der Waals surface area contributed by atoms with Crippen LogP contribution in [0.15, 0.2) is 0 Å². The summed E-state index contributed by atoms with van der Waals surface area (Å²) in [5.74, 6) is -4.00. The Kier molecular flexibility index (Phi) is 17.4. The molecule has 0 rings (SSSR count). The van der Waals surface area contributed by atoms with Gasteiger partial charge in [0.05, 0.1) is 6.54 Å². The molecular weight excluding hydrogens is 326 g/mol. The summed E-state index contributed by atoms with van der Waals surface area (Å²) in [6.07, 6.45) is 0.589. The molecule has 0 aliphatic rings. The molecule has 0 aliphatic heterocycles. The molecule has 3 unspecified atom stereocenters. The summed E-state index contributed by atoms with van der Waals surface area (Å²) in [4.78, 5) is 39.3. The maximum Gasteiger partial charge on any atom is 0.320 e. The van der Waals surface area contributed by atoms with E-state index in [1.54, 1.807) is 0 Å². The number of hydrogen-bond donors (Lipinski definition) is 7. The molecule has 0 aromatic rings. The van der Waals surface area contributed by atoms with Gasteiger partial charge in [-0.25, -0.2) is 0 Å². The lowest BCUT2D eigenvalue weighted by Gasteiger charge is -2.11. The Morgan fingerprint density at radius 1 is 0.917 bits per heavy atom. The third kappa shape index (κ3) is 19.8. The number of aliphatic carboxylic acids is 4. The van der Waals surface area contributed by atoms with Gasteiger partial charge >= 0.3 is 23.9 Å². The largest absolute Gasteiger partial charge is 0.481 e. The number of hydrogen-bond acceptors (Lipinski definition) is 7. The number of nitrogens with two attached hydrogens (primary N) is 3. The van der Waals surface area contributed by atoms with Gasteiger partial charge in [-0.2, -0.15) is 0 Å².